The Bertz CT molecular complexity index is 2100. The number of rotatable bonds is 10. The van der Waals surface area contributed by atoms with Gasteiger partial charge in [0.2, 0.25) is 5.91 Å². The minimum Gasteiger partial charge on any atom is -0.480 e. The Labute approximate surface area is 310 Å². The summed E-state index contributed by atoms with van der Waals surface area (Å²) in [6.45, 7) is 0.133. The molecule has 53 heavy (non-hydrogen) atoms. The van der Waals surface area contributed by atoms with Crippen molar-refractivity contribution < 1.29 is 37.8 Å². The lowest BCUT2D eigenvalue weighted by molar-refractivity contribution is -0.149. The highest BCUT2D eigenvalue weighted by Crippen LogP contribution is 2.60. The van der Waals surface area contributed by atoms with Gasteiger partial charge in [-0.2, -0.15) is 8.78 Å². The number of likely N-dealkylation sites (tertiary alicyclic amines) is 1. The molecule has 4 aromatic rings. The van der Waals surface area contributed by atoms with E-state index in [2.05, 4.69) is 17.4 Å². The first-order chi connectivity index (χ1) is 25.0. The number of carbonyl (C=O) groups excluding carboxylic acids is 3. The zero-order valence-corrected chi connectivity index (χ0v) is 29.3. The van der Waals surface area contributed by atoms with Crippen molar-refractivity contribution in [1.29, 1.82) is 0 Å². The van der Waals surface area contributed by atoms with Gasteiger partial charge in [-0.3, -0.25) is 9.59 Å². The summed E-state index contributed by atoms with van der Waals surface area (Å²) in [7, 11) is 0. The minimum atomic E-state index is -3.19. The molecule has 2 fully saturated rings. The van der Waals surface area contributed by atoms with E-state index < -0.39 is 53.8 Å². The topological polar surface area (TPSA) is 142 Å². The highest BCUT2D eigenvalue weighted by molar-refractivity contribution is 5.99. The van der Waals surface area contributed by atoms with Crippen LogP contribution in [0.15, 0.2) is 91.0 Å². The maximum absolute atomic E-state index is 15.0. The van der Waals surface area contributed by atoms with Crippen molar-refractivity contribution in [3.63, 3.8) is 0 Å². The van der Waals surface area contributed by atoms with Crippen LogP contribution in [-0.4, -0.2) is 83.7 Å². The molecule has 3 atom stereocenters. The standard InChI is InChI=1S/C40H36F2N4O6.ClH/c41-40(42)31-12-6-5-11-28(31)29-17-23(13-14-32(29)40)36(48)44-20-35(47)46-33(37(49)50)18-39(19-34(39)46)22-45(16-15-43)38(51)52-21-30-26-9-3-1-7-24(26)25-8-2-4-10-27(25)30;/h1-14,17,30,33-34H,15-16,18-22,43H2,(H,44,48)(H,49,50);1H/t33-,34-,39+;/m0./s1. The van der Waals surface area contributed by atoms with Crippen LogP contribution in [0.2, 0.25) is 0 Å². The number of carboxylic acid groups (broad SMARTS) is 1. The molecule has 3 aliphatic carbocycles. The smallest absolute Gasteiger partial charge is 0.409 e. The third-order valence-electron chi connectivity index (χ3n) is 11.1. The van der Waals surface area contributed by atoms with Crippen molar-refractivity contribution in [2.75, 3.05) is 32.8 Å². The quantitative estimate of drug-likeness (QED) is 0.192. The van der Waals surface area contributed by atoms with Crippen LogP contribution in [0.1, 0.15) is 51.4 Å². The van der Waals surface area contributed by atoms with E-state index >= 15 is 0 Å². The van der Waals surface area contributed by atoms with Crippen LogP contribution < -0.4 is 11.1 Å². The molecule has 1 saturated heterocycles. The highest BCUT2D eigenvalue weighted by atomic mass is 35.5. The monoisotopic (exact) mass is 742 g/mol. The number of piperidine rings is 1. The van der Waals surface area contributed by atoms with Crippen molar-refractivity contribution in [2.24, 2.45) is 11.1 Å². The summed E-state index contributed by atoms with van der Waals surface area (Å²) in [6, 6.07) is 24.4. The van der Waals surface area contributed by atoms with Crippen LogP contribution in [-0.2, 0) is 20.2 Å². The lowest BCUT2D eigenvalue weighted by atomic mass is 9.98. The van der Waals surface area contributed by atoms with E-state index in [1.807, 2.05) is 36.4 Å². The molecule has 4 aromatic carbocycles. The number of carbonyl (C=O) groups is 4. The second-order valence-corrected chi connectivity index (χ2v) is 14.0. The van der Waals surface area contributed by atoms with Gasteiger partial charge in [-0.1, -0.05) is 78.9 Å². The molecule has 1 aliphatic heterocycles. The molecule has 3 amide bonds. The van der Waals surface area contributed by atoms with E-state index in [9.17, 15) is 33.1 Å². The number of hydrogen-bond donors (Lipinski definition) is 3. The summed E-state index contributed by atoms with van der Waals surface area (Å²) < 4.78 is 35.9. The van der Waals surface area contributed by atoms with E-state index in [0.29, 0.717) is 12.0 Å². The second-order valence-electron chi connectivity index (χ2n) is 14.0. The fourth-order valence-electron chi connectivity index (χ4n) is 8.55. The zero-order chi connectivity index (χ0) is 36.4. The number of fused-ring (bicyclic) bond motifs is 7. The number of carboxylic acids is 1. The van der Waals surface area contributed by atoms with E-state index in [4.69, 9.17) is 10.5 Å². The van der Waals surface area contributed by atoms with Gasteiger partial charge in [0.1, 0.15) is 12.6 Å². The molecule has 274 valence electrons. The largest absolute Gasteiger partial charge is 0.480 e. The second kappa shape index (κ2) is 13.6. The number of nitrogens with zero attached hydrogens (tertiary/aromatic N) is 2. The average Bonchev–Trinajstić information content (AvgIpc) is 3.48. The summed E-state index contributed by atoms with van der Waals surface area (Å²) in [5, 5.41) is 12.6. The van der Waals surface area contributed by atoms with Gasteiger partial charge in [0.15, 0.2) is 0 Å². The molecule has 0 spiro atoms. The molecule has 10 nitrogen and oxygen atoms in total. The maximum Gasteiger partial charge on any atom is 0.409 e. The molecule has 4 aliphatic rings. The van der Waals surface area contributed by atoms with Crippen LogP contribution in [0.3, 0.4) is 0 Å². The molecular weight excluding hydrogens is 706 g/mol. The number of nitrogens with two attached hydrogens (primary N) is 1. The van der Waals surface area contributed by atoms with Gasteiger partial charge in [0, 0.05) is 53.7 Å². The fraction of sp³-hybridized carbons (Fsp3) is 0.300. The lowest BCUT2D eigenvalue weighted by Crippen LogP contribution is -2.47. The number of alkyl halides is 2. The minimum absolute atomic E-state index is 0. The van der Waals surface area contributed by atoms with E-state index in [-0.39, 0.29) is 73.2 Å². The number of nitrogens with one attached hydrogen (secondary N) is 1. The molecule has 4 N–H and O–H groups in total. The van der Waals surface area contributed by atoms with Crippen molar-refractivity contribution in [3.05, 3.63) is 119 Å². The van der Waals surface area contributed by atoms with Gasteiger partial charge >= 0.3 is 12.1 Å². The lowest BCUT2D eigenvalue weighted by Gasteiger charge is -2.26. The Kier molecular flexibility index (Phi) is 9.23. The van der Waals surface area contributed by atoms with Gasteiger partial charge in [-0.25, -0.2) is 9.59 Å². The van der Waals surface area contributed by atoms with E-state index in [1.54, 1.807) is 12.1 Å². The van der Waals surface area contributed by atoms with Crippen molar-refractivity contribution in [3.8, 4) is 22.3 Å². The number of halogens is 3. The Hall–Kier alpha value is -5.33. The van der Waals surface area contributed by atoms with Gasteiger partial charge in [-0.05, 0) is 58.4 Å². The number of amides is 3. The average molecular weight is 743 g/mol. The van der Waals surface area contributed by atoms with Crippen LogP contribution in [0.5, 0.6) is 0 Å². The number of benzene rings is 4. The first-order valence-corrected chi connectivity index (χ1v) is 17.3. The normalized spacial score (nSPS) is 20.9. The molecular formula is C40H37ClF2N4O6. The van der Waals surface area contributed by atoms with E-state index in [0.717, 1.165) is 22.3 Å². The Morgan fingerprint density at radius 2 is 1.49 bits per heavy atom. The van der Waals surface area contributed by atoms with Gasteiger partial charge in [-0.15, -0.1) is 12.4 Å². The third-order valence-corrected chi connectivity index (χ3v) is 11.1. The van der Waals surface area contributed by atoms with Crippen LogP contribution in [0.4, 0.5) is 13.6 Å². The Morgan fingerprint density at radius 3 is 2.15 bits per heavy atom. The number of aliphatic carboxylic acids is 1. The van der Waals surface area contributed by atoms with Crippen LogP contribution in [0.25, 0.3) is 22.3 Å². The molecule has 1 heterocycles. The predicted octanol–water partition coefficient (Wildman–Crippen LogP) is 5.61. The SMILES string of the molecule is Cl.NCCN(C[C@@]12C[C@@H]1N(C(=O)CNC(=O)c1ccc3c(c1)-c1ccccc1C3(F)F)[C@H](C(=O)O)C2)C(=O)OCC1c2ccccc2-c2ccccc21. The fourth-order valence-corrected chi connectivity index (χ4v) is 8.55. The molecule has 13 heteroatoms. The Balaban J connectivity index is 0.00000435. The summed E-state index contributed by atoms with van der Waals surface area (Å²) >= 11 is 0. The first-order valence-electron chi connectivity index (χ1n) is 17.3. The van der Waals surface area contributed by atoms with Crippen LogP contribution in [0, 0.1) is 5.41 Å². The molecule has 0 unspecified atom stereocenters. The molecule has 8 rings (SSSR count). The Morgan fingerprint density at radius 1 is 0.868 bits per heavy atom. The molecule has 0 bridgehead atoms. The van der Waals surface area contributed by atoms with Crippen molar-refractivity contribution >= 4 is 36.3 Å². The zero-order valence-electron chi connectivity index (χ0n) is 28.5. The number of hydrogen-bond acceptors (Lipinski definition) is 6. The van der Waals surface area contributed by atoms with Crippen molar-refractivity contribution in [1.82, 2.24) is 15.1 Å². The van der Waals surface area contributed by atoms with Gasteiger partial charge in [0.25, 0.3) is 11.8 Å². The molecule has 0 radical (unpaired) electrons. The maximum atomic E-state index is 15.0. The summed E-state index contributed by atoms with van der Waals surface area (Å²) in [6.07, 6.45) is 0.0427. The summed E-state index contributed by atoms with van der Waals surface area (Å²) in [5.74, 6) is -5.75. The van der Waals surface area contributed by atoms with Crippen molar-refractivity contribution in [2.45, 2.75) is 36.8 Å². The van der Waals surface area contributed by atoms with Gasteiger partial charge in [0.05, 0.1) is 6.54 Å². The molecule has 1 saturated carbocycles. The first kappa shape index (κ1) is 36.0. The third kappa shape index (κ3) is 5.99. The number of ether oxygens (including phenoxy) is 1. The van der Waals surface area contributed by atoms with E-state index in [1.165, 1.54) is 40.1 Å². The summed E-state index contributed by atoms with van der Waals surface area (Å²) in [4.78, 5) is 55.4. The van der Waals surface area contributed by atoms with Crippen LogP contribution >= 0.6 is 12.4 Å². The summed E-state index contributed by atoms with van der Waals surface area (Å²) in [5.41, 5.74) is 9.92. The molecule has 0 aromatic heterocycles. The predicted molar refractivity (Wildman–Crippen MR) is 194 cm³/mol. The van der Waals surface area contributed by atoms with Gasteiger partial charge < -0.3 is 30.7 Å². The highest BCUT2D eigenvalue weighted by Gasteiger charge is 2.68.